The predicted octanol–water partition coefficient (Wildman–Crippen LogP) is 3.29. The molecule has 192 valence electrons. The van der Waals surface area contributed by atoms with Gasteiger partial charge in [0, 0.05) is 27.2 Å². The minimum absolute atomic E-state index is 0.158. The fraction of sp³-hybridized carbons (Fsp3) is 0.481. The van der Waals surface area contributed by atoms with Crippen LogP contribution in [0, 0.1) is 18.8 Å². The van der Waals surface area contributed by atoms with Gasteiger partial charge in [-0.1, -0.05) is 32.9 Å². The molecule has 9 heteroatoms. The van der Waals surface area contributed by atoms with Crippen LogP contribution in [0.3, 0.4) is 0 Å². The molecule has 1 saturated heterocycles. The van der Waals surface area contributed by atoms with Gasteiger partial charge in [-0.15, -0.1) is 11.3 Å². The summed E-state index contributed by atoms with van der Waals surface area (Å²) in [7, 11) is 3.30. The van der Waals surface area contributed by atoms with Crippen molar-refractivity contribution in [3.63, 3.8) is 0 Å². The topological polar surface area (TPSA) is 84.6 Å². The summed E-state index contributed by atoms with van der Waals surface area (Å²) in [4.78, 5) is 57.8. The molecule has 0 spiro atoms. The number of thiophene rings is 1. The number of likely N-dealkylation sites (tertiary alicyclic amines) is 1. The molecule has 1 fully saturated rings. The van der Waals surface area contributed by atoms with Crippen LogP contribution in [0.1, 0.15) is 48.0 Å². The van der Waals surface area contributed by atoms with Crippen molar-refractivity contribution >= 4 is 33.4 Å². The maximum absolute atomic E-state index is 13.8. The SMILES string of the molecule is CCc1ccc(-n2c(=O)c3c(C)c(C(=O)N(C)C)sc3n(CC(=O)N3C[C@@H](C)C[C@H](C)C3)c2=O)cc1. The van der Waals surface area contributed by atoms with Crippen LogP contribution < -0.4 is 11.2 Å². The van der Waals surface area contributed by atoms with E-state index in [1.165, 1.54) is 9.47 Å². The number of rotatable bonds is 5. The molecule has 0 N–H and O–H groups in total. The second kappa shape index (κ2) is 10.0. The molecule has 1 aliphatic heterocycles. The molecule has 3 heterocycles. The quantitative estimate of drug-likeness (QED) is 0.527. The molecule has 0 radical (unpaired) electrons. The van der Waals surface area contributed by atoms with Crippen molar-refractivity contribution in [3.05, 3.63) is 61.1 Å². The van der Waals surface area contributed by atoms with Gasteiger partial charge in [0.15, 0.2) is 0 Å². The Hall–Kier alpha value is -3.20. The van der Waals surface area contributed by atoms with Gasteiger partial charge in [-0.25, -0.2) is 9.36 Å². The highest BCUT2D eigenvalue weighted by atomic mass is 32.1. The number of benzene rings is 1. The molecule has 2 aromatic heterocycles. The maximum Gasteiger partial charge on any atom is 0.337 e. The fourth-order valence-corrected chi connectivity index (χ4v) is 6.42. The monoisotopic (exact) mass is 510 g/mol. The zero-order chi connectivity index (χ0) is 26.3. The molecule has 1 aromatic carbocycles. The number of carbonyl (C=O) groups excluding carboxylic acids is 2. The van der Waals surface area contributed by atoms with Crippen molar-refractivity contribution in [1.82, 2.24) is 18.9 Å². The normalized spacial score (nSPS) is 18.0. The van der Waals surface area contributed by atoms with Crippen molar-refractivity contribution in [2.24, 2.45) is 11.8 Å². The lowest BCUT2D eigenvalue weighted by Crippen LogP contribution is -2.46. The molecule has 1 aliphatic rings. The molecule has 0 bridgehead atoms. The Kier molecular flexibility index (Phi) is 7.22. The zero-order valence-electron chi connectivity index (χ0n) is 21.8. The van der Waals surface area contributed by atoms with Crippen LogP contribution in [-0.4, -0.2) is 57.9 Å². The first-order valence-corrected chi connectivity index (χ1v) is 13.2. The van der Waals surface area contributed by atoms with Gasteiger partial charge >= 0.3 is 5.69 Å². The number of aromatic nitrogens is 2. The van der Waals surface area contributed by atoms with Gasteiger partial charge in [0.1, 0.15) is 11.4 Å². The third-order valence-electron chi connectivity index (χ3n) is 6.93. The summed E-state index contributed by atoms with van der Waals surface area (Å²) in [6.45, 7) is 9.13. The van der Waals surface area contributed by atoms with Crippen LogP contribution in [0.5, 0.6) is 0 Å². The highest BCUT2D eigenvalue weighted by Crippen LogP contribution is 2.29. The van der Waals surface area contributed by atoms with E-state index in [9.17, 15) is 19.2 Å². The van der Waals surface area contributed by atoms with E-state index in [2.05, 4.69) is 13.8 Å². The first kappa shape index (κ1) is 25.9. The summed E-state index contributed by atoms with van der Waals surface area (Å²) in [6, 6.07) is 7.28. The highest BCUT2D eigenvalue weighted by molar-refractivity contribution is 7.20. The molecule has 3 aromatic rings. The Morgan fingerprint density at radius 3 is 2.22 bits per heavy atom. The summed E-state index contributed by atoms with van der Waals surface area (Å²) in [5.74, 6) is 0.369. The van der Waals surface area contributed by atoms with Crippen molar-refractivity contribution < 1.29 is 9.59 Å². The van der Waals surface area contributed by atoms with Crippen LogP contribution in [0.4, 0.5) is 0 Å². The summed E-state index contributed by atoms with van der Waals surface area (Å²) >= 11 is 1.10. The van der Waals surface area contributed by atoms with Gasteiger partial charge in [-0.2, -0.15) is 0 Å². The van der Waals surface area contributed by atoms with E-state index >= 15 is 0 Å². The number of nitrogens with zero attached hydrogens (tertiary/aromatic N) is 4. The van der Waals surface area contributed by atoms with E-state index in [-0.39, 0.29) is 18.4 Å². The van der Waals surface area contributed by atoms with Gasteiger partial charge in [-0.05, 0) is 54.9 Å². The summed E-state index contributed by atoms with van der Waals surface area (Å²) in [6.07, 6.45) is 1.89. The van der Waals surface area contributed by atoms with Crippen molar-refractivity contribution in [2.45, 2.75) is 47.1 Å². The van der Waals surface area contributed by atoms with Gasteiger partial charge in [-0.3, -0.25) is 19.0 Å². The Morgan fingerprint density at radius 1 is 1.06 bits per heavy atom. The predicted molar refractivity (Wildman–Crippen MR) is 143 cm³/mol. The summed E-state index contributed by atoms with van der Waals surface area (Å²) in [5.41, 5.74) is 1.00. The van der Waals surface area contributed by atoms with Gasteiger partial charge < -0.3 is 9.80 Å². The smallest absolute Gasteiger partial charge is 0.337 e. The molecule has 2 atom stereocenters. The molecule has 0 saturated carbocycles. The maximum atomic E-state index is 13.8. The number of aryl methyl sites for hydroxylation is 2. The first-order chi connectivity index (χ1) is 17.0. The molecule has 2 amide bonds. The zero-order valence-corrected chi connectivity index (χ0v) is 22.6. The summed E-state index contributed by atoms with van der Waals surface area (Å²) < 4.78 is 2.50. The van der Waals surface area contributed by atoms with Crippen molar-refractivity contribution in [3.8, 4) is 5.69 Å². The van der Waals surface area contributed by atoms with E-state index in [1.807, 2.05) is 24.0 Å². The Labute approximate surface area is 214 Å². The molecule has 4 rings (SSSR count). The second-order valence-electron chi connectivity index (χ2n) is 10.2. The second-order valence-corrected chi connectivity index (χ2v) is 11.2. The lowest BCUT2D eigenvalue weighted by molar-refractivity contribution is -0.134. The van der Waals surface area contributed by atoms with E-state index in [0.29, 0.717) is 51.3 Å². The largest absolute Gasteiger partial charge is 0.344 e. The Morgan fingerprint density at radius 2 is 1.67 bits per heavy atom. The Balaban J connectivity index is 1.93. The minimum Gasteiger partial charge on any atom is -0.344 e. The van der Waals surface area contributed by atoms with Gasteiger partial charge in [0.25, 0.3) is 11.5 Å². The number of piperidine rings is 1. The van der Waals surface area contributed by atoms with E-state index in [4.69, 9.17) is 0 Å². The number of fused-ring (bicyclic) bond motifs is 1. The lowest BCUT2D eigenvalue weighted by Gasteiger charge is -2.35. The molecule has 0 aliphatic carbocycles. The minimum atomic E-state index is -0.576. The average Bonchev–Trinajstić information content (AvgIpc) is 3.18. The number of hydrogen-bond donors (Lipinski definition) is 0. The van der Waals surface area contributed by atoms with E-state index in [0.717, 1.165) is 34.3 Å². The molecular weight excluding hydrogens is 476 g/mol. The van der Waals surface area contributed by atoms with E-state index in [1.54, 1.807) is 33.2 Å². The molecule has 36 heavy (non-hydrogen) atoms. The third kappa shape index (κ3) is 4.64. The van der Waals surface area contributed by atoms with Crippen LogP contribution in [-0.2, 0) is 17.8 Å². The molecule has 8 nitrogen and oxygen atoms in total. The standard InChI is InChI=1S/C27H34N4O4S/c1-7-19-8-10-20(11-9-19)31-24(33)22-18(4)23(25(34)28(5)6)36-26(22)30(27(31)35)15-21(32)29-13-16(2)12-17(3)14-29/h8-11,16-17H,7,12-15H2,1-6H3/t16-,17-/m0/s1. The van der Waals surface area contributed by atoms with Crippen LogP contribution in [0.15, 0.2) is 33.9 Å². The lowest BCUT2D eigenvalue weighted by atomic mass is 9.92. The fourth-order valence-electron chi connectivity index (χ4n) is 5.10. The highest BCUT2D eigenvalue weighted by Gasteiger charge is 2.29. The van der Waals surface area contributed by atoms with Crippen molar-refractivity contribution in [2.75, 3.05) is 27.2 Å². The number of amides is 2. The molecule has 0 unspecified atom stereocenters. The van der Waals surface area contributed by atoms with E-state index < -0.39 is 11.2 Å². The average molecular weight is 511 g/mol. The van der Waals surface area contributed by atoms with Gasteiger partial charge in [0.05, 0.1) is 16.0 Å². The number of hydrogen-bond acceptors (Lipinski definition) is 5. The van der Waals surface area contributed by atoms with Crippen molar-refractivity contribution in [1.29, 1.82) is 0 Å². The van der Waals surface area contributed by atoms with Crippen LogP contribution in [0.25, 0.3) is 15.9 Å². The third-order valence-corrected chi connectivity index (χ3v) is 8.23. The van der Waals surface area contributed by atoms with Crippen LogP contribution in [0.2, 0.25) is 0 Å². The Bertz CT molecular complexity index is 1420. The molecular formula is C27H34N4O4S. The first-order valence-electron chi connectivity index (χ1n) is 12.4. The number of carbonyl (C=O) groups is 2. The van der Waals surface area contributed by atoms with Crippen LogP contribution >= 0.6 is 11.3 Å². The van der Waals surface area contributed by atoms with Gasteiger partial charge in [0.2, 0.25) is 5.91 Å². The summed E-state index contributed by atoms with van der Waals surface area (Å²) in [5, 5.41) is 0.303.